The van der Waals surface area contributed by atoms with Crippen molar-refractivity contribution in [2.45, 2.75) is 13.3 Å². The molecule has 0 aliphatic carbocycles. The van der Waals surface area contributed by atoms with Crippen LogP contribution in [-0.4, -0.2) is 25.1 Å². The Labute approximate surface area is 121 Å². The van der Waals surface area contributed by atoms with Gasteiger partial charge in [0, 0.05) is 17.4 Å². The Balaban J connectivity index is 2.25. The van der Waals surface area contributed by atoms with Gasteiger partial charge >= 0.3 is 0 Å². The van der Waals surface area contributed by atoms with Crippen LogP contribution in [0.25, 0.3) is 11.3 Å². The molecule has 1 amide bonds. The summed E-state index contributed by atoms with van der Waals surface area (Å²) in [4.78, 5) is 15.7. The van der Waals surface area contributed by atoms with Gasteiger partial charge in [0.05, 0.1) is 19.9 Å². The quantitative estimate of drug-likeness (QED) is 0.919. The minimum absolute atomic E-state index is 0.0433. The van der Waals surface area contributed by atoms with Crippen LogP contribution in [-0.2, 0) is 4.79 Å². The van der Waals surface area contributed by atoms with Gasteiger partial charge in [0.1, 0.15) is 0 Å². The summed E-state index contributed by atoms with van der Waals surface area (Å²) in [5, 5.41) is 5.24. The Hall–Kier alpha value is -2.08. The number of hydrogen-bond donors (Lipinski definition) is 1. The molecule has 2 rings (SSSR count). The van der Waals surface area contributed by atoms with Crippen LogP contribution >= 0.6 is 11.3 Å². The normalized spacial score (nSPS) is 10.2. The molecule has 0 fully saturated rings. The maximum atomic E-state index is 11.3. The molecule has 1 heterocycles. The summed E-state index contributed by atoms with van der Waals surface area (Å²) in [5.41, 5.74) is 1.71. The second kappa shape index (κ2) is 6.38. The maximum absolute atomic E-state index is 11.3. The third-order valence-electron chi connectivity index (χ3n) is 2.75. The van der Waals surface area contributed by atoms with Gasteiger partial charge in [0.15, 0.2) is 16.6 Å². The predicted molar refractivity (Wildman–Crippen MR) is 79.6 cm³/mol. The molecule has 0 aliphatic heterocycles. The van der Waals surface area contributed by atoms with Crippen LogP contribution in [0.1, 0.15) is 13.3 Å². The van der Waals surface area contributed by atoms with Crippen LogP contribution in [0.5, 0.6) is 11.5 Å². The van der Waals surface area contributed by atoms with Crippen molar-refractivity contribution in [3.8, 4) is 22.8 Å². The van der Waals surface area contributed by atoms with E-state index in [1.807, 2.05) is 23.6 Å². The second-order valence-corrected chi connectivity index (χ2v) is 4.87. The number of aromatic nitrogens is 1. The number of amides is 1. The number of rotatable bonds is 5. The summed E-state index contributed by atoms with van der Waals surface area (Å²) in [6, 6.07) is 5.60. The molecule has 20 heavy (non-hydrogen) atoms. The molecular weight excluding hydrogens is 276 g/mol. The van der Waals surface area contributed by atoms with Gasteiger partial charge in [-0.15, -0.1) is 11.3 Å². The fourth-order valence-corrected chi connectivity index (χ4v) is 2.40. The minimum atomic E-state index is -0.0433. The molecule has 0 radical (unpaired) electrons. The summed E-state index contributed by atoms with van der Waals surface area (Å²) in [6.45, 7) is 1.80. The van der Waals surface area contributed by atoms with E-state index in [0.29, 0.717) is 23.1 Å². The van der Waals surface area contributed by atoms with Crippen LogP contribution in [0.15, 0.2) is 23.6 Å². The summed E-state index contributed by atoms with van der Waals surface area (Å²) < 4.78 is 10.5. The lowest BCUT2D eigenvalue weighted by molar-refractivity contribution is -0.115. The zero-order valence-corrected chi connectivity index (χ0v) is 12.4. The van der Waals surface area contributed by atoms with E-state index in [4.69, 9.17) is 9.47 Å². The molecule has 0 spiro atoms. The van der Waals surface area contributed by atoms with Crippen LogP contribution in [0.3, 0.4) is 0 Å². The molecule has 0 atom stereocenters. The van der Waals surface area contributed by atoms with E-state index in [9.17, 15) is 4.79 Å². The first-order chi connectivity index (χ1) is 9.67. The number of benzene rings is 1. The van der Waals surface area contributed by atoms with E-state index >= 15 is 0 Å². The zero-order chi connectivity index (χ0) is 14.5. The molecule has 2 aromatic rings. The Morgan fingerprint density at radius 1 is 1.30 bits per heavy atom. The number of nitrogens with one attached hydrogen (secondary N) is 1. The van der Waals surface area contributed by atoms with E-state index in [0.717, 1.165) is 11.3 Å². The third kappa shape index (κ3) is 3.08. The smallest absolute Gasteiger partial charge is 0.225 e. The fourth-order valence-electron chi connectivity index (χ4n) is 1.67. The highest BCUT2D eigenvalue weighted by Crippen LogP contribution is 2.33. The molecular formula is C14H16N2O3S. The summed E-state index contributed by atoms with van der Waals surface area (Å²) in [7, 11) is 3.19. The van der Waals surface area contributed by atoms with E-state index in [1.54, 1.807) is 21.1 Å². The molecule has 0 bridgehead atoms. The van der Waals surface area contributed by atoms with Gasteiger partial charge in [-0.2, -0.15) is 0 Å². The van der Waals surface area contributed by atoms with Crippen LogP contribution in [0, 0.1) is 0 Å². The van der Waals surface area contributed by atoms with E-state index < -0.39 is 0 Å². The van der Waals surface area contributed by atoms with Gasteiger partial charge in [0.25, 0.3) is 0 Å². The standard InChI is InChI=1S/C14H16N2O3S/c1-4-13(17)16-14-15-10(8-20-14)9-5-6-11(18-2)12(7-9)19-3/h5-8H,4H2,1-3H3,(H,15,16,17). The number of ether oxygens (including phenoxy) is 2. The van der Waals surface area contributed by atoms with Crippen molar-refractivity contribution in [1.82, 2.24) is 4.98 Å². The highest BCUT2D eigenvalue weighted by atomic mass is 32.1. The van der Waals surface area contributed by atoms with E-state index in [-0.39, 0.29) is 5.91 Å². The first kappa shape index (κ1) is 14.3. The zero-order valence-electron chi connectivity index (χ0n) is 11.6. The van der Waals surface area contributed by atoms with Crippen molar-refractivity contribution >= 4 is 22.4 Å². The largest absolute Gasteiger partial charge is 0.493 e. The van der Waals surface area contributed by atoms with E-state index in [2.05, 4.69) is 10.3 Å². The van der Waals surface area contributed by atoms with Gasteiger partial charge in [0.2, 0.25) is 5.91 Å². The van der Waals surface area contributed by atoms with Gasteiger partial charge in [-0.05, 0) is 18.2 Å². The van der Waals surface area contributed by atoms with Gasteiger partial charge in [-0.1, -0.05) is 6.92 Å². The lowest BCUT2D eigenvalue weighted by Gasteiger charge is -2.08. The Kier molecular flexibility index (Phi) is 4.57. The highest BCUT2D eigenvalue weighted by Gasteiger charge is 2.10. The molecule has 1 aromatic carbocycles. The molecule has 0 saturated heterocycles. The SMILES string of the molecule is CCC(=O)Nc1nc(-c2ccc(OC)c(OC)c2)cs1. The molecule has 0 saturated carbocycles. The lowest BCUT2D eigenvalue weighted by Crippen LogP contribution is -2.08. The average molecular weight is 292 g/mol. The number of hydrogen-bond acceptors (Lipinski definition) is 5. The number of thiazole rings is 1. The highest BCUT2D eigenvalue weighted by molar-refractivity contribution is 7.14. The predicted octanol–water partition coefficient (Wildman–Crippen LogP) is 3.18. The number of methoxy groups -OCH3 is 2. The van der Waals surface area contributed by atoms with Gasteiger partial charge < -0.3 is 14.8 Å². The molecule has 5 nitrogen and oxygen atoms in total. The molecule has 1 N–H and O–H groups in total. The number of nitrogens with zero attached hydrogens (tertiary/aromatic N) is 1. The van der Waals surface area contributed by atoms with E-state index in [1.165, 1.54) is 11.3 Å². The molecule has 106 valence electrons. The summed E-state index contributed by atoms with van der Waals surface area (Å²) in [6.07, 6.45) is 0.436. The number of anilines is 1. The third-order valence-corrected chi connectivity index (χ3v) is 3.51. The van der Waals surface area contributed by atoms with Crippen LogP contribution in [0.2, 0.25) is 0 Å². The number of carbonyl (C=O) groups excluding carboxylic acids is 1. The monoisotopic (exact) mass is 292 g/mol. The summed E-state index contributed by atoms with van der Waals surface area (Å²) in [5.74, 6) is 1.28. The molecule has 0 unspecified atom stereocenters. The molecule has 6 heteroatoms. The Morgan fingerprint density at radius 3 is 2.70 bits per heavy atom. The van der Waals surface area contributed by atoms with Crippen molar-refractivity contribution < 1.29 is 14.3 Å². The Bertz CT molecular complexity index is 610. The van der Waals surface area contributed by atoms with Crippen LogP contribution in [0.4, 0.5) is 5.13 Å². The summed E-state index contributed by atoms with van der Waals surface area (Å²) >= 11 is 1.40. The average Bonchev–Trinajstić information content (AvgIpc) is 2.94. The lowest BCUT2D eigenvalue weighted by atomic mass is 10.1. The van der Waals surface area contributed by atoms with Crippen molar-refractivity contribution in [2.24, 2.45) is 0 Å². The maximum Gasteiger partial charge on any atom is 0.225 e. The first-order valence-corrected chi connectivity index (χ1v) is 7.03. The minimum Gasteiger partial charge on any atom is -0.493 e. The van der Waals surface area contributed by atoms with Crippen molar-refractivity contribution in [1.29, 1.82) is 0 Å². The van der Waals surface area contributed by atoms with Crippen molar-refractivity contribution in [3.05, 3.63) is 23.6 Å². The fraction of sp³-hybridized carbons (Fsp3) is 0.286. The van der Waals surface area contributed by atoms with Crippen molar-refractivity contribution in [3.63, 3.8) is 0 Å². The Morgan fingerprint density at radius 2 is 2.05 bits per heavy atom. The van der Waals surface area contributed by atoms with Gasteiger partial charge in [-0.25, -0.2) is 4.98 Å². The topological polar surface area (TPSA) is 60.5 Å². The van der Waals surface area contributed by atoms with Gasteiger partial charge in [-0.3, -0.25) is 4.79 Å². The first-order valence-electron chi connectivity index (χ1n) is 6.15. The van der Waals surface area contributed by atoms with Crippen LogP contribution < -0.4 is 14.8 Å². The number of carbonyl (C=O) groups is 1. The molecule has 1 aromatic heterocycles. The molecule has 0 aliphatic rings. The second-order valence-electron chi connectivity index (χ2n) is 4.01. The van der Waals surface area contributed by atoms with Crippen molar-refractivity contribution in [2.75, 3.05) is 19.5 Å².